The van der Waals surface area contributed by atoms with Crippen LogP contribution in [0.3, 0.4) is 0 Å². The van der Waals surface area contributed by atoms with Gasteiger partial charge in [0.1, 0.15) is 0 Å². The molecule has 0 aliphatic heterocycles. The lowest BCUT2D eigenvalue weighted by Crippen LogP contribution is -2.06. The van der Waals surface area contributed by atoms with Gasteiger partial charge in [-0.25, -0.2) is 4.79 Å². The fraction of sp³-hybridized carbons (Fsp3) is 0.308. The quantitative estimate of drug-likeness (QED) is 0.601. The van der Waals surface area contributed by atoms with Gasteiger partial charge in [-0.2, -0.15) is 0 Å². The average molecular weight is 235 g/mol. The highest BCUT2D eigenvalue weighted by atomic mass is 16.5. The van der Waals surface area contributed by atoms with Crippen molar-refractivity contribution in [3.8, 4) is 0 Å². The maximum atomic E-state index is 10.8. The molecule has 0 spiro atoms. The third-order valence-electron chi connectivity index (χ3n) is 2.15. The van der Waals surface area contributed by atoms with Crippen LogP contribution in [0.2, 0.25) is 0 Å². The zero-order valence-corrected chi connectivity index (χ0v) is 10.1. The van der Waals surface area contributed by atoms with Crippen LogP contribution in [-0.2, 0) is 27.4 Å². The van der Waals surface area contributed by atoms with E-state index in [1.165, 1.54) is 13.2 Å². The summed E-state index contributed by atoms with van der Waals surface area (Å²) >= 11 is 0. The van der Waals surface area contributed by atoms with Crippen molar-refractivity contribution in [3.63, 3.8) is 0 Å². The molecule has 4 nitrogen and oxygen atoms in total. The molecule has 0 radical (unpaired) electrons. The highest BCUT2D eigenvalue weighted by Gasteiger charge is 1.95. The van der Waals surface area contributed by atoms with Crippen LogP contribution in [0.15, 0.2) is 36.5 Å². The van der Waals surface area contributed by atoms with Crippen LogP contribution < -0.4 is 5.32 Å². The van der Waals surface area contributed by atoms with Gasteiger partial charge in [-0.3, -0.25) is 0 Å². The maximum absolute atomic E-state index is 10.8. The molecular weight excluding hydrogens is 218 g/mol. The lowest BCUT2D eigenvalue weighted by molar-refractivity contribution is -0.134. The van der Waals surface area contributed by atoms with Gasteiger partial charge >= 0.3 is 5.97 Å². The van der Waals surface area contributed by atoms with Gasteiger partial charge < -0.3 is 14.8 Å². The fourth-order valence-electron chi connectivity index (χ4n) is 1.37. The van der Waals surface area contributed by atoms with E-state index in [0.717, 1.165) is 11.1 Å². The predicted octanol–water partition coefficient (Wildman–Crippen LogP) is 1.61. The summed E-state index contributed by atoms with van der Waals surface area (Å²) in [5.41, 5.74) is 2.26. The molecule has 92 valence electrons. The summed E-state index contributed by atoms with van der Waals surface area (Å²) in [6.45, 7) is 1.26. The van der Waals surface area contributed by atoms with Gasteiger partial charge in [0, 0.05) is 25.9 Å². The first-order valence-electron chi connectivity index (χ1n) is 5.31. The van der Waals surface area contributed by atoms with Crippen LogP contribution in [0.25, 0.3) is 0 Å². The number of rotatable bonds is 6. The smallest absolute Gasteiger partial charge is 0.331 e. The molecule has 0 amide bonds. The van der Waals surface area contributed by atoms with Crippen molar-refractivity contribution in [2.45, 2.75) is 13.2 Å². The molecule has 0 fully saturated rings. The number of hydrogen-bond acceptors (Lipinski definition) is 4. The summed E-state index contributed by atoms with van der Waals surface area (Å²) in [7, 11) is 3.02. The molecule has 0 atom stereocenters. The Kier molecular flexibility index (Phi) is 5.82. The van der Waals surface area contributed by atoms with E-state index in [2.05, 4.69) is 16.1 Å². The molecule has 0 heterocycles. The second-order valence-electron chi connectivity index (χ2n) is 3.49. The van der Waals surface area contributed by atoms with E-state index in [0.29, 0.717) is 13.2 Å². The summed E-state index contributed by atoms with van der Waals surface area (Å²) < 4.78 is 9.53. The van der Waals surface area contributed by atoms with Gasteiger partial charge in [0.15, 0.2) is 0 Å². The van der Waals surface area contributed by atoms with Crippen molar-refractivity contribution in [1.29, 1.82) is 0 Å². The average Bonchev–Trinajstić information content (AvgIpc) is 2.35. The minimum absolute atomic E-state index is 0.370. The number of hydrogen-bond donors (Lipinski definition) is 1. The number of carbonyl (C=O) groups is 1. The molecule has 0 aliphatic carbocycles. The molecule has 0 saturated heterocycles. The Balaban J connectivity index is 2.43. The standard InChI is InChI=1S/C13H17NO3/c1-16-10-12-5-3-4-11(8-12)9-14-7-6-13(15)17-2/h3-8,14H,9-10H2,1-2H3/b7-6+. The summed E-state index contributed by atoms with van der Waals surface area (Å²) in [5.74, 6) is -0.370. The number of nitrogens with one attached hydrogen (secondary N) is 1. The third kappa shape index (κ3) is 5.17. The van der Waals surface area contributed by atoms with Crippen LogP contribution in [0.5, 0.6) is 0 Å². The largest absolute Gasteiger partial charge is 0.466 e. The minimum Gasteiger partial charge on any atom is -0.466 e. The van der Waals surface area contributed by atoms with Crippen LogP contribution >= 0.6 is 0 Å². The van der Waals surface area contributed by atoms with Crippen molar-refractivity contribution in [1.82, 2.24) is 5.32 Å². The van der Waals surface area contributed by atoms with Crippen LogP contribution in [0, 0.1) is 0 Å². The molecule has 1 aromatic rings. The zero-order valence-electron chi connectivity index (χ0n) is 10.1. The van der Waals surface area contributed by atoms with Crippen molar-refractivity contribution in [2.75, 3.05) is 14.2 Å². The summed E-state index contributed by atoms with van der Waals surface area (Å²) in [6.07, 6.45) is 2.92. The number of esters is 1. The fourth-order valence-corrected chi connectivity index (χ4v) is 1.37. The maximum Gasteiger partial charge on any atom is 0.331 e. The molecular formula is C13H17NO3. The number of methoxy groups -OCH3 is 2. The second kappa shape index (κ2) is 7.46. The van der Waals surface area contributed by atoms with Crippen LogP contribution in [0.1, 0.15) is 11.1 Å². The Bertz CT molecular complexity index is 388. The van der Waals surface area contributed by atoms with Gasteiger partial charge in [0.2, 0.25) is 0 Å². The van der Waals surface area contributed by atoms with Gasteiger partial charge in [0.25, 0.3) is 0 Å². The molecule has 0 aliphatic rings. The number of ether oxygens (including phenoxy) is 2. The van der Waals surface area contributed by atoms with Crippen molar-refractivity contribution in [3.05, 3.63) is 47.7 Å². The molecule has 0 bridgehead atoms. The van der Waals surface area contributed by atoms with Gasteiger partial charge in [0.05, 0.1) is 13.7 Å². The Morgan fingerprint density at radius 2 is 2.12 bits per heavy atom. The topological polar surface area (TPSA) is 47.6 Å². The first-order chi connectivity index (χ1) is 8.26. The molecule has 1 N–H and O–H groups in total. The molecule has 0 aromatic heterocycles. The Labute approximate surface area is 101 Å². The second-order valence-corrected chi connectivity index (χ2v) is 3.49. The zero-order chi connectivity index (χ0) is 12.5. The monoisotopic (exact) mass is 235 g/mol. The molecule has 1 rings (SSSR count). The van der Waals surface area contributed by atoms with Crippen molar-refractivity contribution < 1.29 is 14.3 Å². The predicted molar refractivity (Wildman–Crippen MR) is 65.2 cm³/mol. The lowest BCUT2D eigenvalue weighted by Gasteiger charge is -2.04. The first-order valence-corrected chi connectivity index (χ1v) is 5.31. The van der Waals surface area contributed by atoms with Crippen molar-refractivity contribution >= 4 is 5.97 Å². The highest BCUT2D eigenvalue weighted by Crippen LogP contribution is 2.06. The Hall–Kier alpha value is -1.81. The minimum atomic E-state index is -0.370. The number of carbonyl (C=O) groups excluding carboxylic acids is 1. The van der Waals surface area contributed by atoms with Gasteiger partial charge in [-0.05, 0) is 11.1 Å². The Morgan fingerprint density at radius 1 is 1.35 bits per heavy atom. The van der Waals surface area contributed by atoms with E-state index in [4.69, 9.17) is 4.74 Å². The molecule has 1 aromatic carbocycles. The molecule has 0 saturated carbocycles. The van der Waals surface area contributed by atoms with E-state index >= 15 is 0 Å². The first kappa shape index (κ1) is 13.3. The van der Waals surface area contributed by atoms with Crippen LogP contribution in [-0.4, -0.2) is 20.2 Å². The molecule has 17 heavy (non-hydrogen) atoms. The number of benzene rings is 1. The molecule has 0 unspecified atom stereocenters. The van der Waals surface area contributed by atoms with E-state index in [-0.39, 0.29) is 5.97 Å². The van der Waals surface area contributed by atoms with Crippen molar-refractivity contribution in [2.24, 2.45) is 0 Å². The third-order valence-corrected chi connectivity index (χ3v) is 2.15. The summed E-state index contributed by atoms with van der Waals surface area (Å²) in [4.78, 5) is 10.8. The van der Waals surface area contributed by atoms with E-state index in [1.54, 1.807) is 13.3 Å². The van der Waals surface area contributed by atoms with E-state index in [1.807, 2.05) is 18.2 Å². The van der Waals surface area contributed by atoms with Crippen LogP contribution in [0.4, 0.5) is 0 Å². The van der Waals surface area contributed by atoms with E-state index < -0.39 is 0 Å². The Morgan fingerprint density at radius 3 is 2.82 bits per heavy atom. The molecule has 4 heteroatoms. The lowest BCUT2D eigenvalue weighted by atomic mass is 10.1. The summed E-state index contributed by atoms with van der Waals surface area (Å²) in [5, 5.41) is 3.01. The van der Waals surface area contributed by atoms with E-state index in [9.17, 15) is 4.79 Å². The SMILES string of the molecule is COCc1cccc(CN/C=C/C(=O)OC)c1. The van der Waals surface area contributed by atoms with Gasteiger partial charge in [-0.15, -0.1) is 0 Å². The summed E-state index contributed by atoms with van der Waals surface area (Å²) in [6, 6.07) is 8.06. The highest BCUT2D eigenvalue weighted by molar-refractivity contribution is 5.81. The normalized spacial score (nSPS) is 10.5. The van der Waals surface area contributed by atoms with Gasteiger partial charge in [-0.1, -0.05) is 24.3 Å².